The van der Waals surface area contributed by atoms with Crippen LogP contribution in [0.3, 0.4) is 0 Å². The summed E-state index contributed by atoms with van der Waals surface area (Å²) in [5.74, 6) is 0. The van der Waals surface area contributed by atoms with E-state index in [0.29, 0.717) is 11.3 Å². The van der Waals surface area contributed by atoms with Crippen LogP contribution in [-0.2, 0) is 0 Å². The molecular formula is C12H8N4O. The van der Waals surface area contributed by atoms with E-state index in [-0.39, 0.29) is 0 Å². The summed E-state index contributed by atoms with van der Waals surface area (Å²) in [6.45, 7) is 0. The van der Waals surface area contributed by atoms with Crippen molar-refractivity contribution < 1.29 is 4.79 Å². The molecule has 0 amide bonds. The number of fused-ring (bicyclic) bond motifs is 1. The van der Waals surface area contributed by atoms with Crippen LogP contribution >= 0.6 is 0 Å². The Bertz CT molecular complexity index is 675. The SMILES string of the molecule is O=Cc1cnc2cnc(-c3ccncc3)cn12. The quantitative estimate of drug-likeness (QED) is 0.620. The average molecular weight is 224 g/mol. The van der Waals surface area contributed by atoms with Gasteiger partial charge in [-0.2, -0.15) is 0 Å². The highest BCUT2D eigenvalue weighted by atomic mass is 16.1. The van der Waals surface area contributed by atoms with Crippen molar-refractivity contribution in [2.45, 2.75) is 0 Å². The Labute approximate surface area is 96.8 Å². The van der Waals surface area contributed by atoms with Crippen LogP contribution in [-0.4, -0.2) is 25.6 Å². The number of carbonyl (C=O) groups is 1. The molecule has 0 atom stereocenters. The van der Waals surface area contributed by atoms with E-state index in [1.165, 1.54) is 6.20 Å². The van der Waals surface area contributed by atoms with Crippen LogP contribution in [0.4, 0.5) is 0 Å². The van der Waals surface area contributed by atoms with Gasteiger partial charge in [-0.3, -0.25) is 19.2 Å². The van der Waals surface area contributed by atoms with Crippen LogP contribution in [0.5, 0.6) is 0 Å². The fourth-order valence-electron chi connectivity index (χ4n) is 1.67. The van der Waals surface area contributed by atoms with Crippen LogP contribution in [0.15, 0.2) is 43.1 Å². The van der Waals surface area contributed by atoms with E-state index in [2.05, 4.69) is 15.0 Å². The molecule has 0 fully saturated rings. The third kappa shape index (κ3) is 1.57. The van der Waals surface area contributed by atoms with Crippen LogP contribution in [0.1, 0.15) is 10.5 Å². The molecule has 3 aromatic rings. The van der Waals surface area contributed by atoms with Crippen LogP contribution in [0.2, 0.25) is 0 Å². The molecule has 0 aliphatic carbocycles. The highest BCUT2D eigenvalue weighted by Gasteiger charge is 2.05. The van der Waals surface area contributed by atoms with Crippen molar-refractivity contribution in [1.29, 1.82) is 0 Å². The lowest BCUT2D eigenvalue weighted by atomic mass is 10.2. The second-order valence-electron chi connectivity index (χ2n) is 3.54. The zero-order valence-electron chi connectivity index (χ0n) is 8.82. The average Bonchev–Trinajstić information content (AvgIpc) is 2.81. The van der Waals surface area contributed by atoms with E-state index < -0.39 is 0 Å². The molecule has 0 unspecified atom stereocenters. The van der Waals surface area contributed by atoms with E-state index in [1.54, 1.807) is 29.2 Å². The number of imidazole rings is 1. The number of rotatable bonds is 2. The first-order valence-corrected chi connectivity index (χ1v) is 5.07. The largest absolute Gasteiger partial charge is 0.296 e. The Kier molecular flexibility index (Phi) is 2.15. The van der Waals surface area contributed by atoms with E-state index in [4.69, 9.17) is 0 Å². The molecule has 3 heterocycles. The lowest BCUT2D eigenvalue weighted by molar-refractivity contribution is 0.111. The monoisotopic (exact) mass is 224 g/mol. The summed E-state index contributed by atoms with van der Waals surface area (Å²) in [4.78, 5) is 23.2. The minimum Gasteiger partial charge on any atom is -0.296 e. The molecule has 82 valence electrons. The lowest BCUT2D eigenvalue weighted by Crippen LogP contribution is -1.94. The Morgan fingerprint density at radius 3 is 2.71 bits per heavy atom. The summed E-state index contributed by atoms with van der Waals surface area (Å²) >= 11 is 0. The van der Waals surface area contributed by atoms with Gasteiger partial charge >= 0.3 is 0 Å². The first-order chi connectivity index (χ1) is 8.38. The molecule has 0 radical (unpaired) electrons. The van der Waals surface area contributed by atoms with Gasteiger partial charge in [-0.1, -0.05) is 0 Å². The Hall–Kier alpha value is -2.56. The predicted molar refractivity (Wildman–Crippen MR) is 61.6 cm³/mol. The van der Waals surface area contributed by atoms with Gasteiger partial charge in [0.15, 0.2) is 11.9 Å². The Balaban J connectivity index is 2.22. The van der Waals surface area contributed by atoms with Gasteiger partial charge in [-0.15, -0.1) is 0 Å². The van der Waals surface area contributed by atoms with Gasteiger partial charge < -0.3 is 0 Å². The maximum absolute atomic E-state index is 10.8. The third-order valence-electron chi connectivity index (χ3n) is 2.52. The zero-order valence-corrected chi connectivity index (χ0v) is 8.82. The van der Waals surface area contributed by atoms with Crippen molar-refractivity contribution in [1.82, 2.24) is 19.4 Å². The molecule has 0 aromatic carbocycles. The van der Waals surface area contributed by atoms with Gasteiger partial charge in [0.25, 0.3) is 0 Å². The maximum Gasteiger partial charge on any atom is 0.168 e. The topological polar surface area (TPSA) is 60.2 Å². The first-order valence-electron chi connectivity index (χ1n) is 5.07. The highest BCUT2D eigenvalue weighted by Crippen LogP contribution is 2.16. The minimum atomic E-state index is 0.512. The molecular weight excluding hydrogens is 216 g/mol. The smallest absolute Gasteiger partial charge is 0.168 e. The van der Waals surface area contributed by atoms with Crippen molar-refractivity contribution in [3.63, 3.8) is 0 Å². The maximum atomic E-state index is 10.8. The fraction of sp³-hybridized carbons (Fsp3) is 0. The van der Waals surface area contributed by atoms with E-state index in [9.17, 15) is 4.79 Å². The molecule has 0 aliphatic heterocycles. The van der Waals surface area contributed by atoms with Crippen LogP contribution < -0.4 is 0 Å². The molecule has 5 nitrogen and oxygen atoms in total. The summed E-state index contributed by atoms with van der Waals surface area (Å²) < 4.78 is 1.72. The molecule has 3 rings (SSSR count). The molecule has 0 saturated carbocycles. The normalized spacial score (nSPS) is 10.6. The van der Waals surface area contributed by atoms with Crippen molar-refractivity contribution in [2.75, 3.05) is 0 Å². The summed E-state index contributed by atoms with van der Waals surface area (Å²) in [6, 6.07) is 3.73. The highest BCUT2D eigenvalue weighted by molar-refractivity contribution is 5.74. The summed E-state index contributed by atoms with van der Waals surface area (Å²) in [7, 11) is 0. The van der Waals surface area contributed by atoms with Gasteiger partial charge in [0, 0.05) is 24.2 Å². The third-order valence-corrected chi connectivity index (χ3v) is 2.52. The van der Waals surface area contributed by atoms with Crippen LogP contribution in [0.25, 0.3) is 16.9 Å². The molecule has 5 heteroatoms. The fourth-order valence-corrected chi connectivity index (χ4v) is 1.67. The standard InChI is InChI=1S/C12H8N4O/c17-8-10-5-15-12-6-14-11(7-16(10)12)9-1-3-13-4-2-9/h1-8H. The number of hydrogen-bond acceptors (Lipinski definition) is 4. The van der Waals surface area contributed by atoms with Crippen molar-refractivity contribution in [3.8, 4) is 11.3 Å². The number of nitrogens with zero attached hydrogens (tertiary/aromatic N) is 4. The van der Waals surface area contributed by atoms with Gasteiger partial charge in [-0.25, -0.2) is 4.98 Å². The first kappa shape index (κ1) is 9.65. The van der Waals surface area contributed by atoms with Gasteiger partial charge in [-0.05, 0) is 12.1 Å². The van der Waals surface area contributed by atoms with E-state index >= 15 is 0 Å². The van der Waals surface area contributed by atoms with Crippen molar-refractivity contribution in [2.24, 2.45) is 0 Å². The van der Waals surface area contributed by atoms with Gasteiger partial charge in [0.05, 0.1) is 18.1 Å². The summed E-state index contributed by atoms with van der Waals surface area (Å²) in [6.07, 6.45) is 9.15. The molecule has 0 N–H and O–H groups in total. The molecule has 0 saturated heterocycles. The van der Waals surface area contributed by atoms with Gasteiger partial charge in [0.1, 0.15) is 5.69 Å². The van der Waals surface area contributed by atoms with E-state index in [1.807, 2.05) is 12.1 Å². The molecule has 17 heavy (non-hydrogen) atoms. The predicted octanol–water partition coefficient (Wildman–Crippen LogP) is 1.60. The van der Waals surface area contributed by atoms with E-state index in [0.717, 1.165) is 17.5 Å². The molecule has 0 aliphatic rings. The number of pyridine rings is 1. The summed E-state index contributed by atoms with van der Waals surface area (Å²) in [5.41, 5.74) is 2.90. The summed E-state index contributed by atoms with van der Waals surface area (Å²) in [5, 5.41) is 0. The Morgan fingerprint density at radius 2 is 1.94 bits per heavy atom. The van der Waals surface area contributed by atoms with Gasteiger partial charge in [0.2, 0.25) is 0 Å². The van der Waals surface area contributed by atoms with Crippen molar-refractivity contribution in [3.05, 3.63) is 48.8 Å². The Morgan fingerprint density at radius 1 is 1.12 bits per heavy atom. The van der Waals surface area contributed by atoms with Crippen LogP contribution in [0, 0.1) is 0 Å². The van der Waals surface area contributed by atoms with Crippen molar-refractivity contribution >= 4 is 11.9 Å². The molecule has 0 bridgehead atoms. The number of aromatic nitrogens is 4. The zero-order chi connectivity index (χ0) is 11.7. The second kappa shape index (κ2) is 3.79. The number of hydrogen-bond donors (Lipinski definition) is 0. The number of carbonyl (C=O) groups excluding carboxylic acids is 1. The molecule has 3 aromatic heterocycles. The lowest BCUT2D eigenvalue weighted by Gasteiger charge is -2.01. The minimum absolute atomic E-state index is 0.512. The second-order valence-corrected chi connectivity index (χ2v) is 3.54. The number of aldehydes is 1. The molecule has 0 spiro atoms.